The summed E-state index contributed by atoms with van der Waals surface area (Å²) in [5.41, 5.74) is 2.63. The van der Waals surface area contributed by atoms with Gasteiger partial charge in [-0.2, -0.15) is 5.10 Å². The third-order valence-corrected chi connectivity index (χ3v) is 5.16. The number of methoxy groups -OCH3 is 2. The minimum absolute atomic E-state index is 0.0562. The second kappa shape index (κ2) is 9.27. The van der Waals surface area contributed by atoms with Gasteiger partial charge in [-0.05, 0) is 23.8 Å². The van der Waals surface area contributed by atoms with Crippen molar-refractivity contribution in [2.75, 3.05) is 21.3 Å². The molecule has 1 heterocycles. The highest BCUT2D eigenvalue weighted by atomic mass is 32.2. The lowest BCUT2D eigenvalue weighted by atomic mass is 10.1. The summed E-state index contributed by atoms with van der Waals surface area (Å²) in [7, 11) is 4.96. The summed E-state index contributed by atoms with van der Waals surface area (Å²) in [6.45, 7) is 0.419. The Kier molecular flexibility index (Phi) is 6.54. The van der Waals surface area contributed by atoms with Crippen molar-refractivity contribution in [2.24, 2.45) is 0 Å². The Labute approximate surface area is 168 Å². The van der Waals surface area contributed by atoms with Crippen LogP contribution in [-0.2, 0) is 12.3 Å². The van der Waals surface area contributed by atoms with Gasteiger partial charge in [0.1, 0.15) is 6.33 Å². The van der Waals surface area contributed by atoms with E-state index in [4.69, 9.17) is 9.47 Å². The molecule has 0 spiro atoms. The zero-order valence-corrected chi connectivity index (χ0v) is 16.8. The number of aromatic amines is 1. The van der Waals surface area contributed by atoms with Crippen molar-refractivity contribution in [3.63, 3.8) is 0 Å². The minimum Gasteiger partial charge on any atom is -0.493 e. The zero-order valence-electron chi connectivity index (χ0n) is 16.0. The van der Waals surface area contributed by atoms with E-state index in [9.17, 15) is 4.79 Å². The van der Waals surface area contributed by atoms with E-state index in [0.29, 0.717) is 23.6 Å². The van der Waals surface area contributed by atoms with E-state index in [2.05, 4.69) is 15.2 Å². The lowest BCUT2D eigenvalue weighted by molar-refractivity contribution is 0.0784. The van der Waals surface area contributed by atoms with Gasteiger partial charge in [0, 0.05) is 30.5 Å². The highest BCUT2D eigenvalue weighted by Gasteiger charge is 2.16. The molecule has 2 aromatic carbocycles. The Hall–Kier alpha value is -3.00. The Morgan fingerprint density at radius 1 is 1.14 bits per heavy atom. The van der Waals surface area contributed by atoms with Gasteiger partial charge in [-0.15, -0.1) is 0 Å². The van der Waals surface area contributed by atoms with Gasteiger partial charge in [0.15, 0.2) is 16.7 Å². The number of H-pyrrole nitrogens is 1. The molecule has 0 aliphatic carbocycles. The molecule has 0 radical (unpaired) electrons. The Balaban J connectivity index is 1.65. The molecule has 0 atom stereocenters. The first kappa shape index (κ1) is 19.8. The fraction of sp³-hybridized carbons (Fsp3) is 0.250. The minimum atomic E-state index is -0.0562. The molecular formula is C20H22N4O3S. The predicted octanol–water partition coefficient (Wildman–Crippen LogP) is 3.39. The Morgan fingerprint density at radius 2 is 1.93 bits per heavy atom. The molecule has 3 aromatic rings. The van der Waals surface area contributed by atoms with Crippen molar-refractivity contribution in [1.29, 1.82) is 0 Å². The summed E-state index contributed by atoms with van der Waals surface area (Å²) in [5.74, 6) is 1.98. The maximum absolute atomic E-state index is 12.8. The number of nitrogens with one attached hydrogen (secondary N) is 1. The van der Waals surface area contributed by atoms with Crippen LogP contribution in [0.25, 0.3) is 0 Å². The van der Waals surface area contributed by atoms with E-state index in [1.807, 2.05) is 42.5 Å². The largest absolute Gasteiger partial charge is 0.493 e. The lowest BCUT2D eigenvalue weighted by Gasteiger charge is -2.20. The van der Waals surface area contributed by atoms with Crippen LogP contribution >= 0.6 is 11.8 Å². The Bertz CT molecular complexity index is 914. The number of hydrogen-bond acceptors (Lipinski definition) is 6. The number of ether oxygens (including phenoxy) is 2. The van der Waals surface area contributed by atoms with Crippen molar-refractivity contribution < 1.29 is 14.3 Å². The highest BCUT2D eigenvalue weighted by molar-refractivity contribution is 7.98. The first-order valence-electron chi connectivity index (χ1n) is 8.64. The molecule has 0 fully saturated rings. The van der Waals surface area contributed by atoms with E-state index in [1.54, 1.807) is 37.9 Å². The van der Waals surface area contributed by atoms with Gasteiger partial charge in [0.25, 0.3) is 5.91 Å². The van der Waals surface area contributed by atoms with Crippen LogP contribution in [-0.4, -0.2) is 47.3 Å². The van der Waals surface area contributed by atoms with Crippen LogP contribution in [0.1, 0.15) is 21.5 Å². The van der Waals surface area contributed by atoms with E-state index in [1.165, 1.54) is 6.33 Å². The number of aromatic nitrogens is 3. The van der Waals surface area contributed by atoms with Crippen molar-refractivity contribution in [1.82, 2.24) is 20.1 Å². The molecule has 0 aliphatic heterocycles. The third-order valence-electron chi connectivity index (χ3n) is 4.21. The van der Waals surface area contributed by atoms with Crippen LogP contribution in [0.15, 0.2) is 53.9 Å². The number of amides is 1. The molecule has 0 saturated carbocycles. The van der Waals surface area contributed by atoms with Crippen LogP contribution in [0.3, 0.4) is 0 Å². The molecule has 7 nitrogen and oxygen atoms in total. The third kappa shape index (κ3) is 4.64. The smallest absolute Gasteiger partial charge is 0.253 e. The summed E-state index contributed by atoms with van der Waals surface area (Å²) in [6, 6.07) is 13.2. The second-order valence-electron chi connectivity index (χ2n) is 6.09. The summed E-state index contributed by atoms with van der Waals surface area (Å²) in [5, 5.41) is 7.41. The normalized spacial score (nSPS) is 10.5. The molecule has 1 aromatic heterocycles. The van der Waals surface area contributed by atoms with Crippen molar-refractivity contribution >= 4 is 17.7 Å². The topological polar surface area (TPSA) is 80.3 Å². The molecule has 28 heavy (non-hydrogen) atoms. The van der Waals surface area contributed by atoms with Crippen molar-refractivity contribution in [3.8, 4) is 11.5 Å². The quantitative estimate of drug-likeness (QED) is 0.586. The molecule has 0 aliphatic rings. The van der Waals surface area contributed by atoms with Crippen LogP contribution in [0.5, 0.6) is 11.5 Å². The number of benzene rings is 2. The number of nitrogens with zero attached hydrogens (tertiary/aromatic N) is 3. The van der Waals surface area contributed by atoms with Gasteiger partial charge < -0.3 is 14.4 Å². The second-order valence-corrected chi connectivity index (χ2v) is 7.05. The molecule has 1 N–H and O–H groups in total. The summed E-state index contributed by atoms with van der Waals surface area (Å²) < 4.78 is 10.8. The number of carbonyl (C=O) groups is 1. The number of carbonyl (C=O) groups excluding carboxylic acids is 1. The molecule has 8 heteroatoms. The van der Waals surface area contributed by atoms with Gasteiger partial charge >= 0.3 is 0 Å². The number of hydrogen-bond donors (Lipinski definition) is 1. The number of para-hydroxylation sites is 1. The molecular weight excluding hydrogens is 376 g/mol. The SMILES string of the molecule is COc1cccc(CN(C)C(=O)c2ccc(CSc3ncn[nH]3)cc2)c1OC. The average Bonchev–Trinajstić information content (AvgIpc) is 3.25. The first-order valence-corrected chi connectivity index (χ1v) is 9.63. The van der Waals surface area contributed by atoms with Crippen LogP contribution in [0.2, 0.25) is 0 Å². The predicted molar refractivity (Wildman–Crippen MR) is 108 cm³/mol. The molecule has 0 saturated heterocycles. The van der Waals surface area contributed by atoms with E-state index in [-0.39, 0.29) is 5.91 Å². The molecule has 0 unspecified atom stereocenters. The summed E-state index contributed by atoms with van der Waals surface area (Å²) >= 11 is 1.56. The van der Waals surface area contributed by atoms with Crippen molar-refractivity contribution in [3.05, 3.63) is 65.5 Å². The maximum Gasteiger partial charge on any atom is 0.253 e. The molecule has 3 rings (SSSR count). The van der Waals surface area contributed by atoms with Crippen molar-refractivity contribution in [2.45, 2.75) is 17.5 Å². The van der Waals surface area contributed by atoms with Gasteiger partial charge in [-0.3, -0.25) is 9.89 Å². The standard InChI is InChI=1S/C20H22N4O3S/c1-24(11-16-5-4-6-17(26-2)18(16)27-3)19(25)15-9-7-14(8-10-15)12-28-20-21-13-22-23-20/h4-10,13H,11-12H2,1-3H3,(H,21,22,23). The average molecular weight is 398 g/mol. The van der Waals surface area contributed by atoms with E-state index < -0.39 is 0 Å². The highest BCUT2D eigenvalue weighted by Crippen LogP contribution is 2.31. The maximum atomic E-state index is 12.8. The molecule has 146 valence electrons. The number of rotatable bonds is 8. The van der Waals surface area contributed by atoms with Crippen LogP contribution in [0, 0.1) is 0 Å². The van der Waals surface area contributed by atoms with Gasteiger partial charge in [-0.1, -0.05) is 36.0 Å². The molecule has 0 bridgehead atoms. The summed E-state index contributed by atoms with van der Waals surface area (Å²) in [4.78, 5) is 18.5. The van der Waals surface area contributed by atoms with Gasteiger partial charge in [0.2, 0.25) is 0 Å². The number of thioether (sulfide) groups is 1. The van der Waals surface area contributed by atoms with Gasteiger partial charge in [0.05, 0.1) is 14.2 Å². The van der Waals surface area contributed by atoms with Crippen LogP contribution < -0.4 is 9.47 Å². The molecule has 1 amide bonds. The monoisotopic (exact) mass is 398 g/mol. The fourth-order valence-electron chi connectivity index (χ4n) is 2.78. The lowest BCUT2D eigenvalue weighted by Crippen LogP contribution is -2.26. The summed E-state index contributed by atoms with van der Waals surface area (Å²) in [6.07, 6.45) is 1.48. The fourth-order valence-corrected chi connectivity index (χ4v) is 3.52. The van der Waals surface area contributed by atoms with Crippen LogP contribution in [0.4, 0.5) is 0 Å². The zero-order chi connectivity index (χ0) is 19.9. The van der Waals surface area contributed by atoms with Gasteiger partial charge in [-0.25, -0.2) is 4.98 Å². The van der Waals surface area contributed by atoms with E-state index in [0.717, 1.165) is 22.0 Å². The first-order chi connectivity index (χ1) is 13.6. The van der Waals surface area contributed by atoms with E-state index >= 15 is 0 Å². The Morgan fingerprint density at radius 3 is 2.57 bits per heavy atom.